The Bertz CT molecular complexity index is 372. The van der Waals surface area contributed by atoms with Crippen LogP contribution in [0.2, 0.25) is 0 Å². The van der Waals surface area contributed by atoms with Crippen LogP contribution >= 0.6 is 11.8 Å². The topological polar surface area (TPSA) is 63.3 Å². The third-order valence-electron chi connectivity index (χ3n) is 5.93. The summed E-state index contributed by atoms with van der Waals surface area (Å²) in [5.41, 5.74) is 6.35. The van der Waals surface area contributed by atoms with Gasteiger partial charge in [-0.1, -0.05) is 0 Å². The van der Waals surface area contributed by atoms with E-state index in [0.29, 0.717) is 5.41 Å². The fourth-order valence-electron chi connectivity index (χ4n) is 5.19. The molecule has 4 rings (SSSR count). The first-order valence-corrected chi connectivity index (χ1v) is 8.91. The molecule has 0 aliphatic heterocycles. The lowest BCUT2D eigenvalue weighted by Crippen LogP contribution is -2.50. The second-order valence-electron chi connectivity index (χ2n) is 8.13. The lowest BCUT2D eigenvalue weighted by Gasteiger charge is -2.57. The third-order valence-corrected chi connectivity index (χ3v) is 7.69. The van der Waals surface area contributed by atoms with Crippen molar-refractivity contribution in [2.75, 3.05) is 5.75 Å². The minimum atomic E-state index is -0.881. The maximum absolute atomic E-state index is 11.1. The van der Waals surface area contributed by atoms with Gasteiger partial charge in [-0.2, -0.15) is 11.8 Å². The van der Waals surface area contributed by atoms with Crippen molar-refractivity contribution >= 4 is 17.7 Å². The van der Waals surface area contributed by atoms with E-state index in [0.717, 1.165) is 23.5 Å². The van der Waals surface area contributed by atoms with Gasteiger partial charge < -0.3 is 10.8 Å². The highest BCUT2D eigenvalue weighted by Crippen LogP contribution is 2.61. The van der Waals surface area contributed by atoms with Crippen LogP contribution in [0.15, 0.2) is 0 Å². The summed E-state index contributed by atoms with van der Waals surface area (Å²) in [6.07, 6.45) is 8.52. The van der Waals surface area contributed by atoms with Crippen LogP contribution in [0.25, 0.3) is 0 Å². The highest BCUT2D eigenvalue weighted by atomic mass is 32.2. The maximum atomic E-state index is 11.1. The average molecular weight is 297 g/mol. The van der Waals surface area contributed by atoms with Gasteiger partial charge >= 0.3 is 5.97 Å². The molecule has 0 spiro atoms. The van der Waals surface area contributed by atoms with Gasteiger partial charge in [-0.3, -0.25) is 4.79 Å². The number of thioether (sulfide) groups is 1. The molecule has 4 heteroatoms. The molecule has 0 heterocycles. The van der Waals surface area contributed by atoms with Crippen LogP contribution in [-0.4, -0.2) is 27.6 Å². The molecule has 3 N–H and O–H groups in total. The molecule has 1 atom stereocenters. The van der Waals surface area contributed by atoms with E-state index in [4.69, 9.17) is 10.8 Å². The van der Waals surface area contributed by atoms with E-state index in [1.54, 1.807) is 11.8 Å². The Kier molecular flexibility index (Phi) is 3.61. The van der Waals surface area contributed by atoms with Crippen LogP contribution in [0.4, 0.5) is 0 Å². The van der Waals surface area contributed by atoms with E-state index in [-0.39, 0.29) is 4.75 Å². The number of nitrogens with two attached hydrogens (primary N) is 1. The Morgan fingerprint density at radius 1 is 1.25 bits per heavy atom. The van der Waals surface area contributed by atoms with Crippen molar-refractivity contribution in [2.45, 2.75) is 63.2 Å². The first kappa shape index (κ1) is 14.7. The fraction of sp³-hybridized carbons (Fsp3) is 0.938. The largest absolute Gasteiger partial charge is 0.480 e. The van der Waals surface area contributed by atoms with Crippen molar-refractivity contribution in [1.29, 1.82) is 0 Å². The van der Waals surface area contributed by atoms with Gasteiger partial charge in [-0.25, -0.2) is 0 Å². The van der Waals surface area contributed by atoms with Gasteiger partial charge in [0.15, 0.2) is 0 Å². The zero-order valence-electron chi connectivity index (χ0n) is 12.6. The predicted molar refractivity (Wildman–Crippen MR) is 82.8 cm³/mol. The lowest BCUT2D eigenvalue weighted by atomic mass is 9.50. The van der Waals surface area contributed by atoms with E-state index in [1.165, 1.54) is 38.5 Å². The Hall–Kier alpha value is -0.220. The van der Waals surface area contributed by atoms with Crippen molar-refractivity contribution in [3.05, 3.63) is 0 Å². The molecule has 0 saturated heterocycles. The predicted octanol–water partition coefficient (Wildman–Crippen LogP) is 3.13. The van der Waals surface area contributed by atoms with Crippen LogP contribution in [0, 0.1) is 23.2 Å². The van der Waals surface area contributed by atoms with Crippen LogP contribution in [-0.2, 0) is 4.79 Å². The number of carboxylic acids is 1. The molecule has 0 unspecified atom stereocenters. The second-order valence-corrected chi connectivity index (χ2v) is 9.76. The van der Waals surface area contributed by atoms with Gasteiger partial charge in [0.05, 0.1) is 0 Å². The smallest absolute Gasteiger partial charge is 0.321 e. The third kappa shape index (κ3) is 2.61. The molecule has 114 valence electrons. The highest BCUT2D eigenvalue weighted by Gasteiger charge is 2.51. The zero-order chi connectivity index (χ0) is 14.5. The quantitative estimate of drug-likeness (QED) is 0.818. The van der Waals surface area contributed by atoms with Gasteiger partial charge in [-0.15, -0.1) is 0 Å². The van der Waals surface area contributed by atoms with Crippen LogP contribution < -0.4 is 5.73 Å². The number of carboxylic acid groups (broad SMARTS) is 1. The van der Waals surface area contributed by atoms with Gasteiger partial charge in [0.1, 0.15) is 6.04 Å². The number of aliphatic carboxylic acids is 1. The van der Waals surface area contributed by atoms with E-state index in [1.807, 2.05) is 13.8 Å². The summed E-state index contributed by atoms with van der Waals surface area (Å²) in [5, 5.41) is 9.14. The molecule has 4 bridgehead atoms. The van der Waals surface area contributed by atoms with Crippen LogP contribution in [0.1, 0.15) is 52.4 Å². The van der Waals surface area contributed by atoms with E-state index in [2.05, 4.69) is 0 Å². The van der Waals surface area contributed by atoms with Gasteiger partial charge in [-0.05, 0) is 81.3 Å². The molecule has 0 radical (unpaired) electrons. The Labute approximate surface area is 126 Å². The number of hydrogen-bond acceptors (Lipinski definition) is 3. The molecule has 0 aromatic heterocycles. The lowest BCUT2D eigenvalue weighted by molar-refractivity contribution is -0.139. The first-order chi connectivity index (χ1) is 9.30. The summed E-state index contributed by atoms with van der Waals surface area (Å²) in [6, 6.07) is -0.776. The SMILES string of the molecule is CC(C)(SCC12CC3CC(CC(C3)C1)C2)[C@H](N)C(=O)O. The second kappa shape index (κ2) is 4.91. The standard InChI is InChI=1S/C16H27NO2S/c1-15(2,13(17)14(18)19)20-9-16-6-10-3-11(7-16)5-12(4-10)8-16/h10-13H,3-9,17H2,1-2H3,(H,18,19)/t10?,11?,12?,13-,16?/m1/s1. The number of hydrogen-bond donors (Lipinski definition) is 2. The molecule has 0 aromatic carbocycles. The number of carbonyl (C=O) groups is 1. The monoisotopic (exact) mass is 297 g/mol. The van der Waals surface area contributed by atoms with Crippen molar-refractivity contribution in [3.63, 3.8) is 0 Å². The summed E-state index contributed by atoms with van der Waals surface area (Å²) >= 11 is 1.80. The molecular formula is C16H27NO2S. The molecule has 20 heavy (non-hydrogen) atoms. The van der Waals surface area contributed by atoms with Crippen LogP contribution in [0.5, 0.6) is 0 Å². The molecular weight excluding hydrogens is 270 g/mol. The molecule has 4 fully saturated rings. The molecule has 0 aromatic rings. The normalized spacial score (nSPS) is 40.9. The Morgan fingerprint density at radius 2 is 1.70 bits per heavy atom. The van der Waals surface area contributed by atoms with Crippen LogP contribution in [0.3, 0.4) is 0 Å². The summed E-state index contributed by atoms with van der Waals surface area (Å²) in [6.45, 7) is 3.97. The van der Waals surface area contributed by atoms with Crippen molar-refractivity contribution in [1.82, 2.24) is 0 Å². The average Bonchev–Trinajstić information content (AvgIpc) is 2.34. The minimum absolute atomic E-state index is 0.380. The highest BCUT2D eigenvalue weighted by molar-refractivity contribution is 8.00. The van der Waals surface area contributed by atoms with E-state index in [9.17, 15) is 4.79 Å². The minimum Gasteiger partial charge on any atom is -0.480 e. The molecule has 0 amide bonds. The Balaban J connectivity index is 1.65. The molecule has 4 aliphatic rings. The maximum Gasteiger partial charge on any atom is 0.321 e. The fourth-order valence-corrected chi connectivity index (χ4v) is 6.51. The molecule has 4 aliphatic carbocycles. The summed E-state index contributed by atoms with van der Waals surface area (Å²) in [7, 11) is 0. The van der Waals surface area contributed by atoms with Crippen molar-refractivity contribution < 1.29 is 9.90 Å². The summed E-state index contributed by atoms with van der Waals surface area (Å²) in [5.74, 6) is 3.09. The van der Waals surface area contributed by atoms with Gasteiger partial charge in [0.25, 0.3) is 0 Å². The molecule has 4 saturated carbocycles. The summed E-state index contributed by atoms with van der Waals surface area (Å²) < 4.78 is -0.380. The van der Waals surface area contributed by atoms with Crippen molar-refractivity contribution in [3.8, 4) is 0 Å². The van der Waals surface area contributed by atoms with Crippen molar-refractivity contribution in [2.24, 2.45) is 28.9 Å². The van der Waals surface area contributed by atoms with Gasteiger partial charge in [0.2, 0.25) is 0 Å². The summed E-state index contributed by atoms with van der Waals surface area (Å²) in [4.78, 5) is 11.1. The first-order valence-electron chi connectivity index (χ1n) is 7.92. The zero-order valence-corrected chi connectivity index (χ0v) is 13.4. The Morgan fingerprint density at radius 3 is 2.10 bits per heavy atom. The van der Waals surface area contributed by atoms with E-state index < -0.39 is 12.0 Å². The number of rotatable bonds is 5. The molecule has 3 nitrogen and oxygen atoms in total. The van der Waals surface area contributed by atoms with E-state index >= 15 is 0 Å². The van der Waals surface area contributed by atoms with Gasteiger partial charge in [0, 0.05) is 4.75 Å².